The molecule has 4 aromatic heterocycles. The molecule has 1 saturated heterocycles. The van der Waals surface area contributed by atoms with E-state index in [9.17, 15) is 4.79 Å². The Kier molecular flexibility index (Phi) is 6.50. The van der Waals surface area contributed by atoms with Crippen molar-refractivity contribution in [3.05, 3.63) is 76.1 Å². The molecular formula is C24H23N7O2S. The number of pyridine rings is 1. The zero-order valence-electron chi connectivity index (χ0n) is 18.6. The van der Waals surface area contributed by atoms with Crippen molar-refractivity contribution in [3.8, 4) is 11.5 Å². The van der Waals surface area contributed by atoms with Crippen LogP contribution in [0.5, 0.6) is 0 Å². The lowest BCUT2D eigenvalue weighted by atomic mass is 10.2. The second kappa shape index (κ2) is 10.0. The highest BCUT2D eigenvalue weighted by molar-refractivity contribution is 7.12. The van der Waals surface area contributed by atoms with E-state index in [1.165, 1.54) is 11.3 Å². The normalized spacial score (nSPS) is 15.3. The van der Waals surface area contributed by atoms with Crippen LogP contribution in [-0.4, -0.2) is 50.1 Å². The summed E-state index contributed by atoms with van der Waals surface area (Å²) in [7, 11) is 0. The Bertz CT molecular complexity index is 1300. The first-order valence-corrected chi connectivity index (χ1v) is 11.9. The summed E-state index contributed by atoms with van der Waals surface area (Å²) in [4.78, 5) is 35.3. The van der Waals surface area contributed by atoms with Crippen molar-refractivity contribution in [1.29, 1.82) is 0 Å². The van der Waals surface area contributed by atoms with E-state index < -0.39 is 0 Å². The lowest BCUT2D eigenvalue weighted by molar-refractivity contribution is 0.0350. The van der Waals surface area contributed by atoms with E-state index in [4.69, 9.17) is 4.74 Å². The van der Waals surface area contributed by atoms with Crippen LogP contribution in [0.15, 0.2) is 54.2 Å². The third-order valence-corrected chi connectivity index (χ3v) is 6.20. The van der Waals surface area contributed by atoms with Gasteiger partial charge >= 0.3 is 5.97 Å². The smallest absolute Gasteiger partial charge is 0.348 e. The van der Waals surface area contributed by atoms with Crippen LogP contribution in [0.2, 0.25) is 0 Å². The third kappa shape index (κ3) is 5.41. The van der Waals surface area contributed by atoms with Crippen LogP contribution in [0.1, 0.15) is 33.2 Å². The van der Waals surface area contributed by atoms with Gasteiger partial charge in [0.1, 0.15) is 34.1 Å². The van der Waals surface area contributed by atoms with E-state index in [0.717, 1.165) is 24.2 Å². The Morgan fingerprint density at radius 1 is 1.15 bits per heavy atom. The van der Waals surface area contributed by atoms with Gasteiger partial charge in [0.25, 0.3) is 0 Å². The van der Waals surface area contributed by atoms with Gasteiger partial charge in [-0.25, -0.2) is 29.7 Å². The molecule has 172 valence electrons. The molecule has 0 amide bonds. The number of aryl methyl sites for hydroxylation is 1. The molecule has 0 saturated carbocycles. The number of carbonyl (C=O) groups excluding carboxylic acids is 1. The molecule has 2 N–H and O–H groups in total. The maximum absolute atomic E-state index is 12.4. The van der Waals surface area contributed by atoms with Gasteiger partial charge in [0.15, 0.2) is 5.82 Å². The zero-order chi connectivity index (χ0) is 23.3. The predicted octanol–water partition coefficient (Wildman–Crippen LogP) is 3.55. The van der Waals surface area contributed by atoms with Crippen molar-refractivity contribution >= 4 is 28.9 Å². The first-order valence-electron chi connectivity index (χ1n) is 11.0. The van der Waals surface area contributed by atoms with E-state index in [0.29, 0.717) is 46.8 Å². The minimum absolute atomic E-state index is 0.0480. The van der Waals surface area contributed by atoms with E-state index in [2.05, 4.69) is 35.6 Å². The van der Waals surface area contributed by atoms with Gasteiger partial charge in [0.2, 0.25) is 0 Å². The molecule has 0 unspecified atom stereocenters. The summed E-state index contributed by atoms with van der Waals surface area (Å²) in [6.07, 6.45) is 4.70. The molecule has 4 aromatic rings. The molecule has 0 radical (unpaired) electrons. The topological polar surface area (TPSA) is 115 Å². The number of hydrogen-bond acceptors (Lipinski definition) is 10. The fourth-order valence-corrected chi connectivity index (χ4v) is 4.39. The van der Waals surface area contributed by atoms with Crippen molar-refractivity contribution in [2.45, 2.75) is 25.9 Å². The number of nitrogens with zero attached hydrogens (tertiary/aromatic N) is 5. The van der Waals surface area contributed by atoms with Crippen LogP contribution in [0, 0.1) is 6.92 Å². The Balaban J connectivity index is 1.25. The second-order valence-electron chi connectivity index (χ2n) is 7.93. The molecule has 5 rings (SSSR count). The van der Waals surface area contributed by atoms with Gasteiger partial charge < -0.3 is 15.4 Å². The summed E-state index contributed by atoms with van der Waals surface area (Å²) in [5.74, 6) is 2.13. The highest BCUT2D eigenvalue weighted by atomic mass is 32.1. The Hall–Kier alpha value is -3.76. The van der Waals surface area contributed by atoms with Gasteiger partial charge in [-0.1, -0.05) is 6.07 Å². The van der Waals surface area contributed by atoms with Crippen molar-refractivity contribution in [2.75, 3.05) is 18.4 Å². The van der Waals surface area contributed by atoms with Crippen molar-refractivity contribution < 1.29 is 9.53 Å². The van der Waals surface area contributed by atoms with Gasteiger partial charge in [0, 0.05) is 31.1 Å². The highest BCUT2D eigenvalue weighted by Crippen LogP contribution is 2.21. The molecule has 9 nitrogen and oxygen atoms in total. The third-order valence-electron chi connectivity index (χ3n) is 5.24. The monoisotopic (exact) mass is 473 g/mol. The number of esters is 1. The van der Waals surface area contributed by atoms with Crippen LogP contribution >= 0.6 is 11.3 Å². The SMILES string of the molecule is Cc1cccc(-c2nccc(Nc3ccnc(Cc4csc(C(=O)O[C@H]5CCNC5)c4)n3)n2)n1. The van der Waals surface area contributed by atoms with Crippen molar-refractivity contribution in [2.24, 2.45) is 0 Å². The van der Waals surface area contributed by atoms with Crippen molar-refractivity contribution in [3.63, 3.8) is 0 Å². The minimum atomic E-state index is -0.274. The second-order valence-corrected chi connectivity index (χ2v) is 8.84. The summed E-state index contributed by atoms with van der Waals surface area (Å²) in [5.41, 5.74) is 2.58. The summed E-state index contributed by atoms with van der Waals surface area (Å²) < 4.78 is 5.55. The van der Waals surface area contributed by atoms with Crippen LogP contribution in [0.4, 0.5) is 11.6 Å². The number of anilines is 2. The van der Waals surface area contributed by atoms with Crippen molar-refractivity contribution in [1.82, 2.24) is 30.2 Å². The number of rotatable bonds is 7. The molecule has 1 aliphatic heterocycles. The lowest BCUT2D eigenvalue weighted by Gasteiger charge is -2.09. The van der Waals surface area contributed by atoms with Gasteiger partial charge in [-0.05, 0) is 61.2 Å². The van der Waals surface area contributed by atoms with Gasteiger partial charge in [0.05, 0.1) is 0 Å². The molecule has 34 heavy (non-hydrogen) atoms. The zero-order valence-corrected chi connectivity index (χ0v) is 19.4. The van der Waals surface area contributed by atoms with Crippen LogP contribution < -0.4 is 10.6 Å². The number of nitrogens with one attached hydrogen (secondary N) is 2. The van der Waals surface area contributed by atoms with Crippen LogP contribution in [-0.2, 0) is 11.2 Å². The molecule has 0 aromatic carbocycles. The first kappa shape index (κ1) is 22.1. The van der Waals surface area contributed by atoms with Gasteiger partial charge in [-0.15, -0.1) is 11.3 Å². The maximum atomic E-state index is 12.4. The van der Waals surface area contributed by atoms with E-state index in [1.54, 1.807) is 24.5 Å². The fraction of sp³-hybridized carbons (Fsp3) is 0.250. The molecule has 5 heterocycles. The molecule has 1 fully saturated rings. The number of aromatic nitrogens is 5. The molecule has 10 heteroatoms. The molecule has 0 aliphatic carbocycles. The van der Waals surface area contributed by atoms with E-state index in [1.807, 2.05) is 36.6 Å². The number of carbonyl (C=O) groups is 1. The average Bonchev–Trinajstić information content (AvgIpc) is 3.52. The molecule has 0 bridgehead atoms. The molecular weight excluding hydrogens is 450 g/mol. The van der Waals surface area contributed by atoms with Gasteiger partial charge in [-0.3, -0.25) is 0 Å². The van der Waals surface area contributed by atoms with Crippen LogP contribution in [0.25, 0.3) is 11.5 Å². The summed E-state index contributed by atoms with van der Waals surface area (Å²) in [5, 5.41) is 8.35. The summed E-state index contributed by atoms with van der Waals surface area (Å²) in [6.45, 7) is 3.53. The Labute approximate surface area is 200 Å². The molecule has 1 atom stereocenters. The Morgan fingerprint density at radius 2 is 2.00 bits per heavy atom. The van der Waals surface area contributed by atoms with E-state index in [-0.39, 0.29) is 12.1 Å². The lowest BCUT2D eigenvalue weighted by Crippen LogP contribution is -2.20. The minimum Gasteiger partial charge on any atom is -0.457 e. The number of ether oxygens (including phenoxy) is 1. The molecule has 1 aliphatic rings. The van der Waals surface area contributed by atoms with Gasteiger partial charge in [-0.2, -0.15) is 0 Å². The number of hydrogen-bond donors (Lipinski definition) is 2. The highest BCUT2D eigenvalue weighted by Gasteiger charge is 2.21. The maximum Gasteiger partial charge on any atom is 0.348 e. The summed E-state index contributed by atoms with van der Waals surface area (Å²) in [6, 6.07) is 11.1. The molecule has 0 spiro atoms. The predicted molar refractivity (Wildman–Crippen MR) is 129 cm³/mol. The fourth-order valence-electron chi connectivity index (χ4n) is 3.60. The van der Waals surface area contributed by atoms with Crippen LogP contribution in [0.3, 0.4) is 0 Å². The largest absolute Gasteiger partial charge is 0.457 e. The first-order chi connectivity index (χ1) is 16.6. The number of thiophene rings is 1. The van der Waals surface area contributed by atoms with E-state index >= 15 is 0 Å². The average molecular weight is 474 g/mol. The standard InChI is InChI=1S/C24H23N7O2S/c1-15-3-2-4-18(28-15)23-27-10-7-21(31-23)29-20-6-9-26-22(30-20)12-16-11-19(34-14-16)24(32)33-17-5-8-25-13-17/h2-4,6-7,9-11,14,17,25H,5,8,12-13H2,1H3,(H,26,27,29,30,31)/t17-/m0/s1. The Morgan fingerprint density at radius 3 is 2.82 bits per heavy atom. The quantitative estimate of drug-likeness (QED) is 0.389. The summed E-state index contributed by atoms with van der Waals surface area (Å²) >= 11 is 1.38.